The number of hydrogen-bond acceptors (Lipinski definition) is 3. The lowest BCUT2D eigenvalue weighted by Gasteiger charge is -2.63. The van der Waals surface area contributed by atoms with Gasteiger partial charge in [0.05, 0.1) is 5.54 Å². The maximum atomic E-state index is 4.59. The van der Waals surface area contributed by atoms with Crippen molar-refractivity contribution < 1.29 is 0 Å². The molecular formula is C20H23N3. The van der Waals surface area contributed by atoms with Gasteiger partial charge >= 0.3 is 0 Å². The molecule has 1 aromatic carbocycles. The largest absolute Gasteiger partial charge is 0.363 e. The molecule has 3 heterocycles. The van der Waals surface area contributed by atoms with Crippen molar-refractivity contribution in [2.75, 3.05) is 18.4 Å². The predicted octanol–water partition coefficient (Wildman–Crippen LogP) is 3.43. The fourth-order valence-electron chi connectivity index (χ4n) is 5.41. The molecule has 0 radical (unpaired) electrons. The van der Waals surface area contributed by atoms with Crippen LogP contribution in [0.1, 0.15) is 30.9 Å². The summed E-state index contributed by atoms with van der Waals surface area (Å²) in [4.78, 5) is 7.22. The number of rotatable bonds is 2. The molecule has 3 atom stereocenters. The second-order valence-corrected chi connectivity index (χ2v) is 7.70. The number of anilines is 1. The minimum atomic E-state index is 0.247. The van der Waals surface area contributed by atoms with Gasteiger partial charge in [0.1, 0.15) is 5.82 Å². The zero-order valence-electron chi connectivity index (χ0n) is 13.6. The van der Waals surface area contributed by atoms with Gasteiger partial charge in [-0.15, -0.1) is 0 Å². The normalized spacial score (nSPS) is 34.7. The van der Waals surface area contributed by atoms with Crippen molar-refractivity contribution in [1.29, 1.82) is 0 Å². The first-order valence-electron chi connectivity index (χ1n) is 8.71. The van der Waals surface area contributed by atoms with E-state index in [4.69, 9.17) is 0 Å². The first-order valence-corrected chi connectivity index (χ1v) is 8.71. The van der Waals surface area contributed by atoms with Gasteiger partial charge in [0.25, 0.3) is 0 Å². The Hall–Kier alpha value is -1.87. The van der Waals surface area contributed by atoms with Crippen LogP contribution in [0.25, 0.3) is 0 Å². The lowest BCUT2D eigenvalue weighted by Crippen LogP contribution is -2.71. The molecular weight excluding hydrogens is 282 g/mol. The van der Waals surface area contributed by atoms with Gasteiger partial charge in [-0.1, -0.05) is 43.3 Å². The van der Waals surface area contributed by atoms with Crippen molar-refractivity contribution in [2.24, 2.45) is 5.92 Å². The van der Waals surface area contributed by atoms with Crippen LogP contribution in [0.4, 0.5) is 5.82 Å². The zero-order chi connectivity index (χ0) is 15.5. The molecule has 23 heavy (non-hydrogen) atoms. The first kappa shape index (κ1) is 13.6. The molecule has 1 saturated carbocycles. The molecule has 5 rings (SSSR count). The average Bonchev–Trinajstić information content (AvgIpc) is 2.74. The molecule has 0 amide bonds. The molecule has 2 fully saturated rings. The average molecular weight is 305 g/mol. The van der Waals surface area contributed by atoms with Crippen molar-refractivity contribution in [3.05, 3.63) is 59.8 Å². The fourth-order valence-corrected chi connectivity index (χ4v) is 5.41. The minimum Gasteiger partial charge on any atom is -0.363 e. The Kier molecular flexibility index (Phi) is 2.70. The van der Waals surface area contributed by atoms with Crippen molar-refractivity contribution >= 4 is 5.82 Å². The maximum Gasteiger partial charge on any atom is 0.130 e. The highest BCUT2D eigenvalue weighted by Crippen LogP contribution is 2.64. The van der Waals surface area contributed by atoms with Crippen molar-refractivity contribution in [3.63, 3.8) is 0 Å². The van der Waals surface area contributed by atoms with E-state index in [1.54, 1.807) is 0 Å². The quantitative estimate of drug-likeness (QED) is 0.921. The van der Waals surface area contributed by atoms with Gasteiger partial charge < -0.3 is 5.32 Å². The van der Waals surface area contributed by atoms with E-state index in [-0.39, 0.29) is 11.0 Å². The van der Waals surface area contributed by atoms with Crippen LogP contribution < -0.4 is 5.32 Å². The van der Waals surface area contributed by atoms with Gasteiger partial charge in [-0.25, -0.2) is 4.98 Å². The van der Waals surface area contributed by atoms with E-state index in [0.717, 1.165) is 18.3 Å². The Bertz CT molecular complexity index is 744. The molecule has 1 aromatic heterocycles. The molecule has 2 aliphatic heterocycles. The van der Waals surface area contributed by atoms with E-state index in [9.17, 15) is 0 Å². The van der Waals surface area contributed by atoms with Crippen LogP contribution in [0.2, 0.25) is 0 Å². The monoisotopic (exact) mass is 305 g/mol. The predicted molar refractivity (Wildman–Crippen MR) is 92.4 cm³/mol. The number of fused-ring (bicyclic) bond motifs is 2. The highest BCUT2D eigenvalue weighted by atomic mass is 15.2. The van der Waals surface area contributed by atoms with E-state index < -0.39 is 0 Å². The molecule has 0 bridgehead atoms. The van der Waals surface area contributed by atoms with E-state index in [2.05, 4.69) is 64.6 Å². The summed E-state index contributed by atoms with van der Waals surface area (Å²) in [5, 5.41) is 3.84. The molecule has 0 unspecified atom stereocenters. The maximum absolute atomic E-state index is 4.59. The Morgan fingerprint density at radius 1 is 1.22 bits per heavy atom. The Labute approximate surface area is 137 Å². The third kappa shape index (κ3) is 1.71. The molecule has 1 aliphatic carbocycles. The highest BCUT2D eigenvalue weighted by molar-refractivity contribution is 5.63. The number of hydrogen-bond donors (Lipinski definition) is 1. The third-order valence-corrected chi connectivity index (χ3v) is 6.63. The Balaban J connectivity index is 1.37. The molecule has 2 aromatic rings. The van der Waals surface area contributed by atoms with Crippen LogP contribution in [0.3, 0.4) is 0 Å². The summed E-state index contributed by atoms with van der Waals surface area (Å²) in [6.07, 6.45) is 4.41. The topological polar surface area (TPSA) is 28.2 Å². The van der Waals surface area contributed by atoms with Crippen molar-refractivity contribution in [1.82, 2.24) is 9.88 Å². The molecule has 1 saturated heterocycles. The van der Waals surface area contributed by atoms with Crippen LogP contribution in [0.5, 0.6) is 0 Å². The van der Waals surface area contributed by atoms with Gasteiger partial charge in [0.15, 0.2) is 0 Å². The number of nitrogens with zero attached hydrogens (tertiary/aromatic N) is 2. The van der Waals surface area contributed by atoms with Crippen LogP contribution in [0.15, 0.2) is 48.7 Å². The number of nitrogens with one attached hydrogen (secondary N) is 1. The minimum absolute atomic E-state index is 0.247. The van der Waals surface area contributed by atoms with Gasteiger partial charge in [0, 0.05) is 36.8 Å². The summed E-state index contributed by atoms with van der Waals surface area (Å²) in [6, 6.07) is 15.2. The zero-order valence-corrected chi connectivity index (χ0v) is 13.6. The summed E-state index contributed by atoms with van der Waals surface area (Å²) >= 11 is 0. The number of piperidine rings is 1. The van der Waals surface area contributed by atoms with Crippen LogP contribution in [-0.2, 0) is 12.0 Å². The van der Waals surface area contributed by atoms with Crippen LogP contribution in [-0.4, -0.2) is 28.5 Å². The second-order valence-electron chi connectivity index (χ2n) is 7.70. The summed E-state index contributed by atoms with van der Waals surface area (Å²) in [5.74, 6) is 1.87. The standard InChI is InChI=1S/C20H23N3/c1-19-12-16-14-23(13-15-6-3-2-4-7-15)11-9-20(16,19)22-18-17(19)8-5-10-21-18/h2-8,10,16H,9,11-14H2,1H3,(H,21,22)/t16-,19-,20-/m1/s1. The fraction of sp³-hybridized carbons (Fsp3) is 0.450. The molecule has 118 valence electrons. The van der Waals surface area contributed by atoms with Gasteiger partial charge in [0.2, 0.25) is 0 Å². The SMILES string of the molecule is C[C@]12C[C@@H]3CN(Cc4ccccc4)CC[C@@]31Nc1ncccc12. The molecule has 3 nitrogen and oxygen atoms in total. The summed E-state index contributed by atoms with van der Waals surface area (Å²) < 4.78 is 0. The molecule has 1 spiro atoms. The summed E-state index contributed by atoms with van der Waals surface area (Å²) in [5.41, 5.74) is 3.39. The van der Waals surface area contributed by atoms with Crippen molar-refractivity contribution in [2.45, 2.75) is 37.3 Å². The lowest BCUT2D eigenvalue weighted by atomic mass is 9.46. The van der Waals surface area contributed by atoms with Crippen LogP contribution >= 0.6 is 0 Å². The second kappa shape index (κ2) is 4.57. The highest BCUT2D eigenvalue weighted by Gasteiger charge is 2.68. The van der Waals surface area contributed by atoms with Crippen LogP contribution in [0, 0.1) is 5.92 Å². The van der Waals surface area contributed by atoms with E-state index >= 15 is 0 Å². The Morgan fingerprint density at radius 3 is 2.91 bits per heavy atom. The number of likely N-dealkylation sites (tertiary alicyclic amines) is 1. The first-order chi connectivity index (χ1) is 11.2. The van der Waals surface area contributed by atoms with Gasteiger partial charge in [-0.3, -0.25) is 4.90 Å². The Morgan fingerprint density at radius 2 is 2.09 bits per heavy atom. The molecule has 1 N–H and O–H groups in total. The van der Waals surface area contributed by atoms with Crippen molar-refractivity contribution in [3.8, 4) is 0 Å². The molecule has 3 aliphatic rings. The summed E-state index contributed by atoms with van der Waals surface area (Å²) in [7, 11) is 0. The van der Waals surface area contributed by atoms with E-state index in [1.807, 2.05) is 6.20 Å². The lowest BCUT2D eigenvalue weighted by molar-refractivity contribution is -0.0362. The smallest absolute Gasteiger partial charge is 0.130 e. The van der Waals surface area contributed by atoms with E-state index in [1.165, 1.54) is 37.1 Å². The van der Waals surface area contributed by atoms with Gasteiger partial charge in [-0.05, 0) is 30.4 Å². The summed E-state index contributed by atoms with van der Waals surface area (Å²) in [6.45, 7) is 5.89. The molecule has 3 heteroatoms. The third-order valence-electron chi connectivity index (χ3n) is 6.63. The number of aromatic nitrogens is 1. The van der Waals surface area contributed by atoms with Gasteiger partial charge in [-0.2, -0.15) is 0 Å². The van der Waals surface area contributed by atoms with E-state index in [0.29, 0.717) is 0 Å². The number of benzene rings is 1. The number of pyridine rings is 1.